The molecule has 4 nitrogen and oxygen atoms in total. The zero-order valence-electron chi connectivity index (χ0n) is 9.27. The molecular formula is C12H12FN3O. The third kappa shape index (κ3) is 2.34. The fraction of sp³-hybridized carbons (Fsp3) is 0.0833. The average Bonchev–Trinajstić information content (AvgIpc) is 2.38. The zero-order chi connectivity index (χ0) is 12.3. The van der Waals surface area contributed by atoms with Crippen molar-refractivity contribution in [2.75, 3.05) is 12.5 Å². The first-order valence-electron chi connectivity index (χ1n) is 5.01. The van der Waals surface area contributed by atoms with Crippen LogP contribution in [0.1, 0.15) is 0 Å². The van der Waals surface area contributed by atoms with Crippen molar-refractivity contribution in [1.82, 2.24) is 4.98 Å². The second-order valence-electron chi connectivity index (χ2n) is 3.42. The molecule has 0 saturated carbocycles. The predicted octanol–water partition coefficient (Wildman–Crippen LogP) is 2.18. The van der Waals surface area contributed by atoms with Gasteiger partial charge >= 0.3 is 0 Å². The molecule has 1 heterocycles. The summed E-state index contributed by atoms with van der Waals surface area (Å²) in [5.74, 6) is 5.09. The van der Waals surface area contributed by atoms with Gasteiger partial charge in [0.1, 0.15) is 0 Å². The second kappa shape index (κ2) is 4.80. The molecule has 0 aliphatic heterocycles. The van der Waals surface area contributed by atoms with E-state index < -0.39 is 5.82 Å². The summed E-state index contributed by atoms with van der Waals surface area (Å²) < 4.78 is 18.4. The minimum atomic E-state index is -0.419. The number of pyridine rings is 1. The second-order valence-corrected chi connectivity index (χ2v) is 3.42. The first kappa shape index (κ1) is 11.3. The summed E-state index contributed by atoms with van der Waals surface area (Å²) in [5.41, 5.74) is 4.54. The van der Waals surface area contributed by atoms with Crippen molar-refractivity contribution >= 4 is 5.69 Å². The molecule has 0 amide bonds. The number of nitrogens with two attached hydrogens (primary N) is 1. The van der Waals surface area contributed by atoms with Crippen LogP contribution >= 0.6 is 0 Å². The maximum absolute atomic E-state index is 13.5. The van der Waals surface area contributed by atoms with Gasteiger partial charge in [-0.1, -0.05) is 0 Å². The van der Waals surface area contributed by atoms with E-state index in [2.05, 4.69) is 10.4 Å². The fourth-order valence-corrected chi connectivity index (χ4v) is 1.50. The highest BCUT2D eigenvalue weighted by Gasteiger charge is 2.06. The average molecular weight is 233 g/mol. The van der Waals surface area contributed by atoms with Crippen molar-refractivity contribution in [3.63, 3.8) is 0 Å². The van der Waals surface area contributed by atoms with E-state index >= 15 is 0 Å². The molecule has 0 aliphatic rings. The van der Waals surface area contributed by atoms with Crippen molar-refractivity contribution in [1.29, 1.82) is 0 Å². The first-order chi connectivity index (χ1) is 8.24. The molecule has 0 radical (unpaired) electrons. The van der Waals surface area contributed by atoms with Gasteiger partial charge in [0, 0.05) is 11.8 Å². The number of hydrazine groups is 1. The Balaban J connectivity index is 2.42. The number of aromatic nitrogens is 1. The Morgan fingerprint density at radius 3 is 2.76 bits per heavy atom. The van der Waals surface area contributed by atoms with Crippen LogP contribution < -0.4 is 16.0 Å². The van der Waals surface area contributed by atoms with Gasteiger partial charge < -0.3 is 10.2 Å². The Morgan fingerprint density at radius 2 is 2.12 bits per heavy atom. The van der Waals surface area contributed by atoms with E-state index in [-0.39, 0.29) is 5.75 Å². The Kier molecular flexibility index (Phi) is 3.20. The molecule has 3 N–H and O–H groups in total. The third-order valence-electron chi connectivity index (χ3n) is 2.37. The molecule has 0 atom stereocenters. The fourth-order valence-electron chi connectivity index (χ4n) is 1.50. The smallest absolute Gasteiger partial charge is 0.165 e. The molecule has 5 heteroatoms. The lowest BCUT2D eigenvalue weighted by Gasteiger charge is -2.06. The summed E-state index contributed by atoms with van der Waals surface area (Å²) >= 11 is 0. The minimum Gasteiger partial charge on any atom is -0.494 e. The number of nitrogen functional groups attached to an aromatic ring is 1. The number of rotatable bonds is 3. The maximum Gasteiger partial charge on any atom is 0.165 e. The van der Waals surface area contributed by atoms with E-state index in [1.807, 2.05) is 0 Å². The van der Waals surface area contributed by atoms with Crippen LogP contribution in [0.2, 0.25) is 0 Å². The van der Waals surface area contributed by atoms with Crippen LogP contribution in [0.15, 0.2) is 36.5 Å². The van der Waals surface area contributed by atoms with Gasteiger partial charge in [-0.25, -0.2) is 4.39 Å². The van der Waals surface area contributed by atoms with Gasteiger partial charge in [-0.2, -0.15) is 0 Å². The van der Waals surface area contributed by atoms with Gasteiger partial charge in [-0.3, -0.25) is 10.8 Å². The SMILES string of the molecule is COc1ccc(-c2cc(NN)ccn2)cc1F. The summed E-state index contributed by atoms with van der Waals surface area (Å²) in [7, 11) is 1.43. The number of halogens is 1. The molecule has 2 rings (SSSR count). The Labute approximate surface area is 98.2 Å². The van der Waals surface area contributed by atoms with E-state index in [4.69, 9.17) is 10.6 Å². The van der Waals surface area contributed by atoms with E-state index in [0.29, 0.717) is 16.9 Å². The lowest BCUT2D eigenvalue weighted by Crippen LogP contribution is -2.06. The molecule has 0 aliphatic carbocycles. The topological polar surface area (TPSA) is 60.2 Å². The Bertz CT molecular complexity index is 531. The van der Waals surface area contributed by atoms with Gasteiger partial charge in [-0.05, 0) is 30.3 Å². The van der Waals surface area contributed by atoms with Crippen LogP contribution in [-0.2, 0) is 0 Å². The number of hydrogen-bond donors (Lipinski definition) is 2. The van der Waals surface area contributed by atoms with Crippen molar-refractivity contribution in [3.8, 4) is 17.0 Å². The molecule has 2 aromatic rings. The van der Waals surface area contributed by atoms with Gasteiger partial charge in [0.15, 0.2) is 11.6 Å². The quantitative estimate of drug-likeness (QED) is 0.630. The number of methoxy groups -OCH3 is 1. The molecule has 0 unspecified atom stereocenters. The summed E-state index contributed by atoms with van der Waals surface area (Å²) in [4.78, 5) is 4.15. The number of benzene rings is 1. The van der Waals surface area contributed by atoms with E-state index in [1.54, 1.807) is 30.5 Å². The molecule has 88 valence electrons. The van der Waals surface area contributed by atoms with Gasteiger partial charge in [0.2, 0.25) is 0 Å². The van der Waals surface area contributed by atoms with Crippen molar-refractivity contribution in [3.05, 3.63) is 42.3 Å². The van der Waals surface area contributed by atoms with E-state index in [0.717, 1.165) is 0 Å². The summed E-state index contributed by atoms with van der Waals surface area (Å²) in [6, 6.07) is 8.14. The summed E-state index contributed by atoms with van der Waals surface area (Å²) in [6.45, 7) is 0. The number of ether oxygens (including phenoxy) is 1. The highest BCUT2D eigenvalue weighted by Crippen LogP contribution is 2.25. The maximum atomic E-state index is 13.5. The lowest BCUT2D eigenvalue weighted by atomic mass is 10.1. The Morgan fingerprint density at radius 1 is 1.29 bits per heavy atom. The highest BCUT2D eigenvalue weighted by molar-refractivity contribution is 5.64. The third-order valence-corrected chi connectivity index (χ3v) is 2.37. The van der Waals surface area contributed by atoms with Gasteiger partial charge in [0.05, 0.1) is 18.5 Å². The number of nitrogens with zero attached hydrogens (tertiary/aromatic N) is 1. The Hall–Kier alpha value is -2.14. The molecule has 0 bridgehead atoms. The van der Waals surface area contributed by atoms with Crippen LogP contribution in [0.4, 0.5) is 10.1 Å². The first-order valence-corrected chi connectivity index (χ1v) is 5.01. The molecular weight excluding hydrogens is 221 g/mol. The molecule has 1 aromatic carbocycles. The monoisotopic (exact) mass is 233 g/mol. The van der Waals surface area contributed by atoms with Crippen molar-refractivity contribution in [2.45, 2.75) is 0 Å². The van der Waals surface area contributed by atoms with E-state index in [9.17, 15) is 4.39 Å². The predicted molar refractivity (Wildman–Crippen MR) is 64.0 cm³/mol. The van der Waals surface area contributed by atoms with Crippen molar-refractivity contribution < 1.29 is 9.13 Å². The van der Waals surface area contributed by atoms with Crippen LogP contribution in [0.5, 0.6) is 5.75 Å². The molecule has 1 aromatic heterocycles. The zero-order valence-corrected chi connectivity index (χ0v) is 9.27. The van der Waals surface area contributed by atoms with Crippen LogP contribution in [-0.4, -0.2) is 12.1 Å². The lowest BCUT2D eigenvalue weighted by molar-refractivity contribution is 0.386. The summed E-state index contributed by atoms with van der Waals surface area (Å²) in [6.07, 6.45) is 1.60. The standard InChI is InChI=1S/C12H12FN3O/c1-17-12-3-2-8(6-10(12)13)11-7-9(16-14)4-5-15-11/h2-7H,14H2,1H3,(H,15,16). The normalized spacial score (nSPS) is 10.1. The van der Waals surface area contributed by atoms with Crippen LogP contribution in [0.3, 0.4) is 0 Å². The van der Waals surface area contributed by atoms with Gasteiger partial charge in [0.25, 0.3) is 0 Å². The van der Waals surface area contributed by atoms with E-state index in [1.165, 1.54) is 13.2 Å². The van der Waals surface area contributed by atoms with Crippen molar-refractivity contribution in [2.24, 2.45) is 5.84 Å². The van der Waals surface area contributed by atoms with Gasteiger partial charge in [-0.15, -0.1) is 0 Å². The molecule has 0 spiro atoms. The van der Waals surface area contributed by atoms with Crippen LogP contribution in [0.25, 0.3) is 11.3 Å². The summed E-state index contributed by atoms with van der Waals surface area (Å²) in [5, 5.41) is 0. The molecule has 0 fully saturated rings. The number of hydrogen-bond acceptors (Lipinski definition) is 4. The molecule has 17 heavy (non-hydrogen) atoms. The number of anilines is 1. The molecule has 0 saturated heterocycles. The van der Waals surface area contributed by atoms with Crippen LogP contribution in [0, 0.1) is 5.82 Å². The largest absolute Gasteiger partial charge is 0.494 e. The minimum absolute atomic E-state index is 0.210. The number of nitrogens with one attached hydrogen (secondary N) is 1. The highest BCUT2D eigenvalue weighted by atomic mass is 19.1.